The van der Waals surface area contributed by atoms with Crippen molar-refractivity contribution in [3.63, 3.8) is 0 Å². The zero-order chi connectivity index (χ0) is 6.97. The standard InChI is InChI=1S/C8H8NO/c10-8-3-1-2-7-6(8)4-5-9-7/h5,9H,1-3H2. The number of rotatable bonds is 0. The number of H-pyrrole nitrogens is 1. The summed E-state index contributed by atoms with van der Waals surface area (Å²) in [5.74, 6) is 0.238. The van der Waals surface area contributed by atoms with E-state index in [0.29, 0.717) is 6.42 Å². The average molecular weight is 134 g/mol. The highest BCUT2D eigenvalue weighted by molar-refractivity contribution is 5.97. The third-order valence-corrected chi connectivity index (χ3v) is 1.87. The van der Waals surface area contributed by atoms with E-state index in [9.17, 15) is 4.79 Å². The van der Waals surface area contributed by atoms with Gasteiger partial charge in [0.05, 0.1) is 0 Å². The Morgan fingerprint density at radius 2 is 2.40 bits per heavy atom. The smallest absolute Gasteiger partial charge is 0.165 e. The summed E-state index contributed by atoms with van der Waals surface area (Å²) in [5.41, 5.74) is 1.85. The molecule has 1 radical (unpaired) electrons. The predicted octanol–water partition coefficient (Wildman–Crippen LogP) is 1.33. The summed E-state index contributed by atoms with van der Waals surface area (Å²) in [7, 11) is 0. The molecular weight excluding hydrogens is 126 g/mol. The van der Waals surface area contributed by atoms with E-state index in [0.717, 1.165) is 24.1 Å². The summed E-state index contributed by atoms with van der Waals surface area (Å²) in [6.07, 6.45) is 4.40. The van der Waals surface area contributed by atoms with Gasteiger partial charge >= 0.3 is 0 Å². The fraction of sp³-hybridized carbons (Fsp3) is 0.375. The van der Waals surface area contributed by atoms with E-state index in [1.165, 1.54) is 0 Å². The Hall–Kier alpha value is -1.05. The monoisotopic (exact) mass is 134 g/mol. The summed E-state index contributed by atoms with van der Waals surface area (Å²) < 4.78 is 0. The van der Waals surface area contributed by atoms with Crippen LogP contribution in [0.2, 0.25) is 0 Å². The maximum absolute atomic E-state index is 11.1. The molecule has 0 unspecified atom stereocenters. The minimum Gasteiger partial charge on any atom is -0.364 e. The van der Waals surface area contributed by atoms with Gasteiger partial charge in [-0.05, 0) is 12.8 Å². The lowest BCUT2D eigenvalue weighted by Crippen LogP contribution is -2.08. The van der Waals surface area contributed by atoms with Gasteiger partial charge in [-0.1, -0.05) is 0 Å². The van der Waals surface area contributed by atoms with Gasteiger partial charge in [0.2, 0.25) is 0 Å². The number of aryl methyl sites for hydroxylation is 1. The third kappa shape index (κ3) is 0.685. The molecule has 0 aromatic carbocycles. The van der Waals surface area contributed by atoms with Crippen LogP contribution >= 0.6 is 0 Å². The van der Waals surface area contributed by atoms with Crippen LogP contribution in [0.5, 0.6) is 0 Å². The van der Waals surface area contributed by atoms with E-state index in [1.807, 2.05) is 0 Å². The van der Waals surface area contributed by atoms with Crippen molar-refractivity contribution in [1.29, 1.82) is 0 Å². The van der Waals surface area contributed by atoms with Crippen molar-refractivity contribution in [2.45, 2.75) is 19.3 Å². The molecule has 0 fully saturated rings. The molecule has 0 amide bonds. The first-order valence-corrected chi connectivity index (χ1v) is 3.49. The van der Waals surface area contributed by atoms with Gasteiger partial charge in [-0.15, -0.1) is 0 Å². The molecule has 0 bridgehead atoms. The molecule has 2 rings (SSSR count). The number of ketones is 1. The lowest BCUT2D eigenvalue weighted by Gasteiger charge is -2.07. The number of aromatic nitrogens is 1. The van der Waals surface area contributed by atoms with Gasteiger partial charge < -0.3 is 4.98 Å². The number of carbonyl (C=O) groups excluding carboxylic acids is 1. The van der Waals surface area contributed by atoms with Crippen molar-refractivity contribution in [3.8, 4) is 0 Å². The number of Topliss-reactive ketones (excluding diaryl/α,β-unsaturated/α-hetero) is 1. The van der Waals surface area contributed by atoms with E-state index in [1.54, 1.807) is 6.20 Å². The van der Waals surface area contributed by atoms with Crippen LogP contribution in [0.3, 0.4) is 0 Å². The minimum atomic E-state index is 0.238. The SMILES string of the molecule is O=C1CCCc2[nH]c[c]c21. The van der Waals surface area contributed by atoms with Crippen molar-refractivity contribution >= 4 is 5.78 Å². The van der Waals surface area contributed by atoms with Crippen LogP contribution in [0.15, 0.2) is 6.20 Å². The molecule has 1 aromatic rings. The highest BCUT2D eigenvalue weighted by Gasteiger charge is 2.17. The van der Waals surface area contributed by atoms with Gasteiger partial charge in [0.25, 0.3) is 0 Å². The first kappa shape index (κ1) is 5.71. The summed E-state index contributed by atoms with van der Waals surface area (Å²) in [6.45, 7) is 0. The van der Waals surface area contributed by atoms with E-state index in [-0.39, 0.29) is 5.78 Å². The number of nitrogens with one attached hydrogen (secondary N) is 1. The fourth-order valence-corrected chi connectivity index (χ4v) is 1.35. The Kier molecular flexibility index (Phi) is 1.13. The predicted molar refractivity (Wildman–Crippen MR) is 36.9 cm³/mol. The molecule has 0 saturated heterocycles. The van der Waals surface area contributed by atoms with Gasteiger partial charge in [-0.3, -0.25) is 4.79 Å². The Balaban J connectivity index is 2.50. The van der Waals surface area contributed by atoms with Gasteiger partial charge in [0, 0.05) is 29.9 Å². The zero-order valence-corrected chi connectivity index (χ0v) is 5.61. The topological polar surface area (TPSA) is 32.9 Å². The number of fused-ring (bicyclic) bond motifs is 1. The molecule has 1 N–H and O–H groups in total. The van der Waals surface area contributed by atoms with Crippen molar-refractivity contribution in [2.75, 3.05) is 0 Å². The molecular formula is C8H8NO. The normalized spacial score (nSPS) is 17.0. The lowest BCUT2D eigenvalue weighted by atomic mass is 9.97. The van der Waals surface area contributed by atoms with Crippen LogP contribution in [0.4, 0.5) is 0 Å². The van der Waals surface area contributed by atoms with Crippen LogP contribution in [0.1, 0.15) is 28.9 Å². The molecule has 1 aliphatic rings. The highest BCUT2D eigenvalue weighted by Crippen LogP contribution is 2.18. The largest absolute Gasteiger partial charge is 0.364 e. The van der Waals surface area contributed by atoms with Gasteiger partial charge in [0.15, 0.2) is 5.78 Å². The van der Waals surface area contributed by atoms with Gasteiger partial charge in [0.1, 0.15) is 0 Å². The first-order valence-electron chi connectivity index (χ1n) is 3.49. The third-order valence-electron chi connectivity index (χ3n) is 1.87. The van der Waals surface area contributed by atoms with Crippen LogP contribution in [0, 0.1) is 6.07 Å². The molecule has 10 heavy (non-hydrogen) atoms. The van der Waals surface area contributed by atoms with E-state index in [4.69, 9.17) is 0 Å². The molecule has 0 atom stereocenters. The van der Waals surface area contributed by atoms with Crippen molar-refractivity contribution in [3.05, 3.63) is 23.5 Å². The first-order chi connectivity index (χ1) is 4.88. The second-order valence-electron chi connectivity index (χ2n) is 2.56. The molecule has 1 aliphatic carbocycles. The van der Waals surface area contributed by atoms with E-state index >= 15 is 0 Å². The molecule has 0 spiro atoms. The number of hydrogen-bond donors (Lipinski definition) is 1. The summed E-state index contributed by atoms with van der Waals surface area (Å²) in [5, 5.41) is 0. The number of carbonyl (C=O) groups is 1. The maximum Gasteiger partial charge on any atom is 0.165 e. The van der Waals surface area contributed by atoms with Crippen molar-refractivity contribution in [2.24, 2.45) is 0 Å². The number of aromatic amines is 1. The second kappa shape index (κ2) is 1.97. The van der Waals surface area contributed by atoms with Crippen LogP contribution in [-0.2, 0) is 6.42 Å². The quantitative estimate of drug-likeness (QED) is 0.570. The highest BCUT2D eigenvalue weighted by atomic mass is 16.1. The summed E-state index contributed by atoms with van der Waals surface area (Å²) in [6, 6.07) is 2.90. The van der Waals surface area contributed by atoms with Crippen molar-refractivity contribution in [1.82, 2.24) is 4.98 Å². The molecule has 0 saturated carbocycles. The fourth-order valence-electron chi connectivity index (χ4n) is 1.35. The molecule has 1 aromatic heterocycles. The second-order valence-corrected chi connectivity index (χ2v) is 2.56. The molecule has 1 heterocycles. The van der Waals surface area contributed by atoms with Crippen LogP contribution in [0.25, 0.3) is 0 Å². The number of hydrogen-bond acceptors (Lipinski definition) is 1. The summed E-state index contributed by atoms with van der Waals surface area (Å²) in [4.78, 5) is 14.1. The maximum atomic E-state index is 11.1. The van der Waals surface area contributed by atoms with E-state index in [2.05, 4.69) is 11.1 Å². The van der Waals surface area contributed by atoms with Crippen LogP contribution in [-0.4, -0.2) is 10.8 Å². The Morgan fingerprint density at radius 3 is 3.20 bits per heavy atom. The molecule has 2 heteroatoms. The lowest BCUT2D eigenvalue weighted by molar-refractivity contribution is 0.0972. The summed E-state index contributed by atoms with van der Waals surface area (Å²) >= 11 is 0. The molecule has 0 aliphatic heterocycles. The Bertz CT molecular complexity index is 262. The Morgan fingerprint density at radius 1 is 1.50 bits per heavy atom. The Labute approximate surface area is 59.3 Å². The minimum absolute atomic E-state index is 0.238. The molecule has 51 valence electrons. The zero-order valence-electron chi connectivity index (χ0n) is 5.61. The van der Waals surface area contributed by atoms with Crippen molar-refractivity contribution < 1.29 is 4.79 Å². The van der Waals surface area contributed by atoms with E-state index < -0.39 is 0 Å². The molecule has 2 nitrogen and oxygen atoms in total. The average Bonchev–Trinajstić information content (AvgIpc) is 2.36. The van der Waals surface area contributed by atoms with Crippen LogP contribution < -0.4 is 0 Å². The van der Waals surface area contributed by atoms with Gasteiger partial charge in [-0.25, -0.2) is 0 Å². The van der Waals surface area contributed by atoms with Gasteiger partial charge in [-0.2, -0.15) is 0 Å².